The highest BCUT2D eigenvalue weighted by molar-refractivity contribution is 7.38. The average Bonchev–Trinajstić information content (AvgIpc) is 3.87. The Kier molecular flexibility index (Phi) is 3.55. The fourth-order valence-corrected chi connectivity index (χ4v) is 12.3. The first-order valence-corrected chi connectivity index (χ1v) is 17.3. The van der Waals surface area contributed by atoms with Gasteiger partial charge in [0.25, 0.3) is 0 Å². The lowest BCUT2D eigenvalue weighted by atomic mass is 10.00. The number of rotatable bonds is 0. The minimum Gasteiger partial charge on any atom is -0.133 e. The van der Waals surface area contributed by atoms with E-state index in [0.717, 1.165) is 0 Å². The van der Waals surface area contributed by atoms with E-state index in [1.54, 1.807) is 0 Å². The minimum absolute atomic E-state index is 1.31. The quantitative estimate of drug-likeness (QED) is 0.162. The molecular weight excluding hydrogens is 581 g/mol. The highest BCUT2D eigenvalue weighted by atomic mass is 32.1. The molecule has 0 unspecified atom stereocenters. The van der Waals surface area contributed by atoms with Crippen LogP contribution in [0.4, 0.5) is 0 Å². The lowest BCUT2D eigenvalue weighted by molar-refractivity contribution is 1.48. The fourth-order valence-electron chi connectivity index (χ4n) is 9.30. The van der Waals surface area contributed by atoms with Crippen LogP contribution in [-0.2, 0) is 0 Å². The molecule has 13 rings (SSSR count). The van der Waals surface area contributed by atoms with E-state index in [0.29, 0.717) is 0 Å². The number of hydrogen-bond donors (Lipinski definition) is 0. The summed E-state index contributed by atoms with van der Waals surface area (Å²) in [5.41, 5.74) is 6.84. The largest absolute Gasteiger partial charge is 0.133 e. The molecule has 2 heterocycles. The molecule has 11 aromatic rings. The SMILES string of the molecule is Cc1ccc2cc3c(cc2c1)=c1ccc2c4sc5c(sc6c7ccc8c9c(ccc(c97)c65)-c5ccccc5-8)c4c4ccc=3c1c24. The standard InChI is InChI=1S/C43H20S2/c1-19-6-7-20-17-32-26-9-13-29-37-31(15-11-27(35(26)37)33(32)18-21(20)16-19)41-39(29)43-42(45-41)38-28-12-8-24-22-4-2-3-5-23(22)25-10-14-30(40(38)44-43)36(28)34(24)25/h2-18H,1H3. The molecule has 0 amide bonds. The molecule has 0 saturated heterocycles. The third-order valence-corrected chi connectivity index (χ3v) is 13.7. The van der Waals surface area contributed by atoms with Gasteiger partial charge in [-0.05, 0) is 105 Å². The van der Waals surface area contributed by atoms with Gasteiger partial charge in [-0.1, -0.05) is 96.6 Å². The number of thiophene rings is 2. The van der Waals surface area contributed by atoms with E-state index >= 15 is 0 Å². The topological polar surface area (TPSA) is 0 Å². The van der Waals surface area contributed by atoms with Crippen LogP contribution >= 0.6 is 22.7 Å². The van der Waals surface area contributed by atoms with Crippen LogP contribution in [0.3, 0.4) is 0 Å². The summed E-state index contributed by atoms with van der Waals surface area (Å²) in [6, 6.07) is 39.8. The normalized spacial score (nSPS) is 13.4. The van der Waals surface area contributed by atoms with Crippen LogP contribution in [0.5, 0.6) is 0 Å². The van der Waals surface area contributed by atoms with Crippen molar-refractivity contribution in [2.75, 3.05) is 0 Å². The van der Waals surface area contributed by atoms with E-state index in [2.05, 4.69) is 110 Å². The van der Waals surface area contributed by atoms with E-state index in [1.165, 1.54) is 132 Å². The number of hydrogen-bond acceptors (Lipinski definition) is 2. The summed E-state index contributed by atoms with van der Waals surface area (Å²) < 4.78 is 5.85. The Morgan fingerprint density at radius 3 is 1.58 bits per heavy atom. The van der Waals surface area contributed by atoms with Gasteiger partial charge in [-0.15, -0.1) is 22.7 Å². The molecule has 2 heteroatoms. The van der Waals surface area contributed by atoms with Gasteiger partial charge < -0.3 is 0 Å². The van der Waals surface area contributed by atoms with E-state index in [1.807, 2.05) is 22.7 Å². The summed E-state index contributed by atoms with van der Waals surface area (Å²) in [5.74, 6) is 0. The van der Waals surface area contributed by atoms with Crippen molar-refractivity contribution >= 4 is 106 Å². The van der Waals surface area contributed by atoms with E-state index in [9.17, 15) is 0 Å². The van der Waals surface area contributed by atoms with Crippen molar-refractivity contribution in [2.45, 2.75) is 6.92 Å². The predicted octanol–water partition coefficient (Wildman–Crippen LogP) is 12.8. The fraction of sp³-hybridized carbons (Fsp3) is 0.0233. The molecule has 0 bridgehead atoms. The summed E-state index contributed by atoms with van der Waals surface area (Å²) in [7, 11) is 0. The maximum Gasteiger partial charge on any atom is 0.0549 e. The van der Waals surface area contributed by atoms with Gasteiger partial charge in [-0.2, -0.15) is 0 Å². The predicted molar refractivity (Wildman–Crippen MR) is 196 cm³/mol. The number of aryl methyl sites for hydroxylation is 1. The Bertz CT molecular complexity index is 3400. The van der Waals surface area contributed by atoms with E-state index in [4.69, 9.17) is 0 Å². The van der Waals surface area contributed by atoms with Crippen LogP contribution in [0.2, 0.25) is 0 Å². The highest BCUT2D eigenvalue weighted by Gasteiger charge is 2.28. The second kappa shape index (κ2) is 7.10. The van der Waals surface area contributed by atoms with E-state index in [-0.39, 0.29) is 0 Å². The van der Waals surface area contributed by atoms with Gasteiger partial charge in [-0.25, -0.2) is 0 Å². The molecular formula is C43H20S2. The zero-order chi connectivity index (χ0) is 28.9. The van der Waals surface area contributed by atoms with Gasteiger partial charge in [0.05, 0.1) is 9.40 Å². The summed E-state index contributed by atoms with van der Waals surface area (Å²) >= 11 is 4.05. The van der Waals surface area contributed by atoms with Crippen LogP contribution < -0.4 is 0 Å². The molecule has 0 nitrogen and oxygen atoms in total. The summed E-state index contributed by atoms with van der Waals surface area (Å²) in [6.07, 6.45) is 0. The molecule has 9 aromatic carbocycles. The maximum absolute atomic E-state index is 2.43. The second-order valence-corrected chi connectivity index (χ2v) is 15.2. The smallest absolute Gasteiger partial charge is 0.0549 e. The van der Waals surface area contributed by atoms with Crippen molar-refractivity contribution in [3.63, 3.8) is 0 Å². The summed E-state index contributed by atoms with van der Waals surface area (Å²) in [6.45, 7) is 2.19. The first-order chi connectivity index (χ1) is 22.2. The molecule has 0 fully saturated rings. The maximum atomic E-state index is 2.43. The summed E-state index contributed by atoms with van der Waals surface area (Å²) in [4.78, 5) is 0. The summed E-state index contributed by atoms with van der Waals surface area (Å²) in [5, 5.41) is 22.6. The molecule has 0 atom stereocenters. The third kappa shape index (κ3) is 2.34. The highest BCUT2D eigenvalue weighted by Crippen LogP contribution is 2.58. The van der Waals surface area contributed by atoms with Crippen LogP contribution in [-0.4, -0.2) is 0 Å². The second-order valence-electron chi connectivity index (χ2n) is 13.2. The third-order valence-electron chi connectivity index (χ3n) is 11.1. The van der Waals surface area contributed by atoms with Gasteiger partial charge in [0, 0.05) is 30.9 Å². The molecule has 2 aliphatic rings. The van der Waals surface area contributed by atoms with Crippen molar-refractivity contribution in [3.8, 4) is 22.3 Å². The van der Waals surface area contributed by atoms with Crippen molar-refractivity contribution in [1.82, 2.24) is 0 Å². The Morgan fingerprint density at radius 1 is 0.356 bits per heavy atom. The molecule has 0 radical (unpaired) electrons. The molecule has 0 spiro atoms. The molecule has 45 heavy (non-hydrogen) atoms. The van der Waals surface area contributed by atoms with Crippen LogP contribution in [0, 0.1) is 27.8 Å². The Labute approximate surface area is 263 Å². The van der Waals surface area contributed by atoms with Crippen molar-refractivity contribution < 1.29 is 0 Å². The van der Waals surface area contributed by atoms with Gasteiger partial charge in [-0.3, -0.25) is 0 Å². The lowest BCUT2D eigenvalue weighted by Crippen LogP contribution is -1.79. The first kappa shape index (κ1) is 22.5. The van der Waals surface area contributed by atoms with Crippen LogP contribution in [0.15, 0.2) is 103 Å². The van der Waals surface area contributed by atoms with Crippen molar-refractivity contribution in [3.05, 3.63) is 130 Å². The average molecular weight is 601 g/mol. The van der Waals surface area contributed by atoms with Crippen LogP contribution in [0.25, 0.3) is 106 Å². The molecule has 2 aliphatic carbocycles. The first-order valence-electron chi connectivity index (χ1n) is 15.7. The molecule has 204 valence electrons. The van der Waals surface area contributed by atoms with Crippen molar-refractivity contribution in [2.24, 2.45) is 0 Å². The zero-order valence-electron chi connectivity index (χ0n) is 24.1. The number of fused-ring (bicyclic) bond motifs is 14. The van der Waals surface area contributed by atoms with E-state index < -0.39 is 0 Å². The Balaban J connectivity index is 1.18. The monoisotopic (exact) mass is 600 g/mol. The Morgan fingerprint density at radius 2 is 0.911 bits per heavy atom. The molecule has 0 N–H and O–H groups in total. The Hall–Kier alpha value is -5.02. The van der Waals surface area contributed by atoms with Gasteiger partial charge in [0.1, 0.15) is 0 Å². The van der Waals surface area contributed by atoms with Gasteiger partial charge >= 0.3 is 0 Å². The van der Waals surface area contributed by atoms with Gasteiger partial charge in [0.2, 0.25) is 0 Å². The minimum atomic E-state index is 1.31. The van der Waals surface area contributed by atoms with Crippen LogP contribution in [0.1, 0.15) is 5.56 Å². The zero-order valence-corrected chi connectivity index (χ0v) is 25.8. The van der Waals surface area contributed by atoms with Crippen molar-refractivity contribution in [1.29, 1.82) is 0 Å². The van der Waals surface area contributed by atoms with Gasteiger partial charge in [0.15, 0.2) is 0 Å². The lowest BCUT2D eigenvalue weighted by Gasteiger charge is -2.03. The number of benzene rings is 7. The molecule has 0 saturated carbocycles. The molecule has 2 aromatic heterocycles. The molecule has 0 aliphatic heterocycles.